The van der Waals surface area contributed by atoms with Gasteiger partial charge in [0.25, 0.3) is 5.91 Å². The number of carbonyl (C=O) groups is 1. The Labute approximate surface area is 122 Å². The highest BCUT2D eigenvalue weighted by Crippen LogP contribution is 2.30. The van der Waals surface area contributed by atoms with Gasteiger partial charge in [-0.05, 0) is 6.92 Å². The molecule has 8 heteroatoms. The lowest BCUT2D eigenvalue weighted by atomic mass is 10.2. The number of phenols is 1. The summed E-state index contributed by atoms with van der Waals surface area (Å²) in [5.74, 6) is -3.03. The molecule has 5 nitrogen and oxygen atoms in total. The minimum atomic E-state index is -1.01. The van der Waals surface area contributed by atoms with Crippen molar-refractivity contribution in [2.24, 2.45) is 4.99 Å². The fraction of sp³-hybridized carbons (Fsp3) is 0.154. The van der Waals surface area contributed by atoms with Crippen LogP contribution in [0.2, 0.25) is 0 Å². The number of carbonyl (C=O) groups excluding carboxylic acids is 1. The normalized spacial score (nSPS) is 14.7. The van der Waals surface area contributed by atoms with Gasteiger partial charge in [-0.1, -0.05) is 0 Å². The van der Waals surface area contributed by atoms with E-state index in [1.165, 1.54) is 12.4 Å². The molecule has 0 radical (unpaired) electrons. The van der Waals surface area contributed by atoms with Crippen LogP contribution in [0.3, 0.4) is 0 Å². The van der Waals surface area contributed by atoms with Crippen molar-refractivity contribution in [1.29, 1.82) is 0 Å². The van der Waals surface area contributed by atoms with E-state index in [2.05, 4.69) is 9.98 Å². The van der Waals surface area contributed by atoms with Crippen LogP contribution in [0.5, 0.6) is 5.75 Å². The van der Waals surface area contributed by atoms with Crippen LogP contribution in [0.4, 0.5) is 14.5 Å². The molecule has 1 aliphatic heterocycles. The standard InChI is InChI=1S/C13H9F2N3O2S/c1-6-16-4-9-12(21-5-17-9)13(20)18(6)10-2-8(15)11(19)3-7(10)14/h2-3,5,19H,4H2,1H3. The fourth-order valence-corrected chi connectivity index (χ4v) is 2.78. The van der Waals surface area contributed by atoms with E-state index in [1.54, 1.807) is 0 Å². The number of halogens is 2. The highest BCUT2D eigenvalue weighted by Gasteiger charge is 2.30. The number of anilines is 1. The zero-order chi connectivity index (χ0) is 15.1. The topological polar surface area (TPSA) is 65.8 Å². The summed E-state index contributed by atoms with van der Waals surface area (Å²) >= 11 is 1.12. The molecule has 0 spiro atoms. The first-order valence-electron chi connectivity index (χ1n) is 5.95. The number of aliphatic imine (C=N–C) groups is 1. The largest absolute Gasteiger partial charge is 0.505 e. The molecule has 2 heterocycles. The van der Waals surface area contributed by atoms with Gasteiger partial charge in [-0.2, -0.15) is 0 Å². The highest BCUT2D eigenvalue weighted by molar-refractivity contribution is 7.12. The van der Waals surface area contributed by atoms with E-state index in [4.69, 9.17) is 0 Å². The van der Waals surface area contributed by atoms with E-state index in [0.29, 0.717) is 16.6 Å². The molecule has 21 heavy (non-hydrogen) atoms. The Morgan fingerprint density at radius 3 is 2.86 bits per heavy atom. The molecule has 2 aromatic rings. The van der Waals surface area contributed by atoms with Crippen LogP contribution in [0.15, 0.2) is 22.6 Å². The second-order valence-electron chi connectivity index (χ2n) is 4.39. The van der Waals surface area contributed by atoms with Crippen LogP contribution >= 0.6 is 11.3 Å². The molecule has 0 saturated heterocycles. The van der Waals surface area contributed by atoms with E-state index < -0.39 is 23.3 Å². The first kappa shape index (κ1) is 13.6. The van der Waals surface area contributed by atoms with Gasteiger partial charge in [0.05, 0.1) is 23.4 Å². The van der Waals surface area contributed by atoms with Crippen LogP contribution < -0.4 is 4.90 Å². The number of amides is 1. The Morgan fingerprint density at radius 1 is 1.33 bits per heavy atom. The SMILES string of the molecule is CC1=NCc2ncsc2C(=O)N1c1cc(F)c(O)cc1F. The van der Waals surface area contributed by atoms with Crippen molar-refractivity contribution in [2.75, 3.05) is 4.90 Å². The first-order chi connectivity index (χ1) is 9.99. The maximum absolute atomic E-state index is 14.0. The third-order valence-electron chi connectivity index (χ3n) is 3.08. The van der Waals surface area contributed by atoms with E-state index >= 15 is 0 Å². The molecular formula is C13H9F2N3O2S. The lowest BCUT2D eigenvalue weighted by molar-refractivity contribution is 0.100. The minimum Gasteiger partial charge on any atom is -0.505 e. The molecule has 0 saturated carbocycles. The Balaban J connectivity index is 2.17. The third-order valence-corrected chi connectivity index (χ3v) is 3.93. The van der Waals surface area contributed by atoms with Crippen LogP contribution in [0.1, 0.15) is 22.3 Å². The predicted octanol–water partition coefficient (Wildman–Crippen LogP) is 2.71. The summed E-state index contributed by atoms with van der Waals surface area (Å²) in [6.45, 7) is 1.73. The molecule has 3 rings (SSSR count). The second kappa shape index (κ2) is 4.88. The molecule has 0 aliphatic carbocycles. The van der Waals surface area contributed by atoms with Gasteiger partial charge in [-0.3, -0.25) is 14.7 Å². The van der Waals surface area contributed by atoms with Crippen LogP contribution in [0.25, 0.3) is 0 Å². The summed E-state index contributed by atoms with van der Waals surface area (Å²) in [6.07, 6.45) is 0. The van der Waals surface area contributed by atoms with Crippen molar-refractivity contribution < 1.29 is 18.7 Å². The lowest BCUT2D eigenvalue weighted by Gasteiger charge is -2.21. The smallest absolute Gasteiger partial charge is 0.275 e. The zero-order valence-electron chi connectivity index (χ0n) is 10.8. The second-order valence-corrected chi connectivity index (χ2v) is 5.24. The van der Waals surface area contributed by atoms with Crippen molar-refractivity contribution >= 4 is 28.8 Å². The number of hydrogen-bond donors (Lipinski definition) is 1. The van der Waals surface area contributed by atoms with Gasteiger partial charge in [-0.15, -0.1) is 11.3 Å². The highest BCUT2D eigenvalue weighted by atomic mass is 32.1. The quantitative estimate of drug-likeness (QED) is 0.881. The minimum absolute atomic E-state index is 0.203. The van der Waals surface area contributed by atoms with Crippen molar-refractivity contribution in [3.8, 4) is 5.75 Å². The van der Waals surface area contributed by atoms with E-state index in [0.717, 1.165) is 22.3 Å². The number of aromatic nitrogens is 1. The number of benzene rings is 1. The molecule has 1 aromatic heterocycles. The van der Waals surface area contributed by atoms with E-state index in [1.807, 2.05) is 0 Å². The Kier molecular flexibility index (Phi) is 3.17. The van der Waals surface area contributed by atoms with E-state index in [9.17, 15) is 18.7 Å². The Hall–Kier alpha value is -2.35. The van der Waals surface area contributed by atoms with E-state index in [-0.39, 0.29) is 18.1 Å². The summed E-state index contributed by atoms with van der Waals surface area (Å²) < 4.78 is 27.5. The molecule has 0 fully saturated rings. The molecule has 108 valence electrons. The van der Waals surface area contributed by atoms with Crippen LogP contribution in [-0.2, 0) is 6.54 Å². The molecule has 0 bridgehead atoms. The van der Waals surface area contributed by atoms with Gasteiger partial charge in [-0.25, -0.2) is 13.8 Å². The summed E-state index contributed by atoms with van der Waals surface area (Å²) in [6, 6.07) is 1.40. The Morgan fingerprint density at radius 2 is 2.10 bits per heavy atom. The number of fused-ring (bicyclic) bond motifs is 1. The van der Waals surface area contributed by atoms with Crippen molar-refractivity contribution in [3.63, 3.8) is 0 Å². The number of amidine groups is 1. The summed E-state index contributed by atoms with van der Waals surface area (Å²) in [5, 5.41) is 9.18. The average Bonchev–Trinajstić information content (AvgIpc) is 2.86. The number of aromatic hydroxyl groups is 1. The van der Waals surface area contributed by atoms with Gasteiger partial charge < -0.3 is 5.11 Å². The first-order valence-corrected chi connectivity index (χ1v) is 6.83. The fourth-order valence-electron chi connectivity index (χ4n) is 2.05. The zero-order valence-corrected chi connectivity index (χ0v) is 11.6. The lowest BCUT2D eigenvalue weighted by Crippen LogP contribution is -2.35. The predicted molar refractivity (Wildman–Crippen MR) is 73.8 cm³/mol. The molecule has 1 N–H and O–H groups in total. The molecular weight excluding hydrogens is 300 g/mol. The molecule has 0 atom stereocenters. The monoisotopic (exact) mass is 309 g/mol. The number of nitrogens with zero attached hydrogens (tertiary/aromatic N) is 3. The molecule has 1 aliphatic rings. The van der Waals surface area contributed by atoms with Crippen LogP contribution in [-0.4, -0.2) is 21.8 Å². The number of hydrogen-bond acceptors (Lipinski definition) is 5. The molecule has 1 amide bonds. The summed E-state index contributed by atoms with van der Waals surface area (Å²) in [7, 11) is 0. The van der Waals surface area contributed by atoms with Gasteiger partial charge in [0.15, 0.2) is 17.4 Å². The maximum Gasteiger partial charge on any atom is 0.275 e. The summed E-state index contributed by atoms with van der Waals surface area (Å²) in [4.78, 5) is 22.0. The number of rotatable bonds is 1. The van der Waals surface area contributed by atoms with Gasteiger partial charge in [0.1, 0.15) is 10.7 Å². The summed E-state index contributed by atoms with van der Waals surface area (Å²) in [5.41, 5.74) is 1.72. The van der Waals surface area contributed by atoms with Crippen molar-refractivity contribution in [2.45, 2.75) is 13.5 Å². The van der Waals surface area contributed by atoms with Gasteiger partial charge in [0, 0.05) is 12.1 Å². The van der Waals surface area contributed by atoms with Crippen molar-refractivity contribution in [1.82, 2.24) is 4.98 Å². The Bertz CT molecular complexity index is 773. The van der Waals surface area contributed by atoms with Crippen LogP contribution in [0, 0.1) is 11.6 Å². The average molecular weight is 309 g/mol. The number of phenolic OH excluding ortho intramolecular Hbond substituents is 1. The van der Waals surface area contributed by atoms with Gasteiger partial charge in [0.2, 0.25) is 0 Å². The third kappa shape index (κ3) is 2.17. The molecule has 0 unspecified atom stereocenters. The molecule has 1 aromatic carbocycles. The maximum atomic E-state index is 14.0. The number of thiazole rings is 1. The van der Waals surface area contributed by atoms with Gasteiger partial charge >= 0.3 is 0 Å². The van der Waals surface area contributed by atoms with Crippen molar-refractivity contribution in [3.05, 3.63) is 39.8 Å².